The molecule has 2 aromatic rings. The average molecular weight is 242 g/mol. The normalized spacial score (nSPS) is 21.8. The van der Waals surface area contributed by atoms with Crippen molar-refractivity contribution in [2.75, 3.05) is 6.54 Å². The third-order valence-corrected chi connectivity index (χ3v) is 3.51. The number of imidazole rings is 1. The van der Waals surface area contributed by atoms with Crippen LogP contribution >= 0.6 is 0 Å². The molecule has 1 aliphatic rings. The zero-order valence-electron chi connectivity index (χ0n) is 11.7. The minimum absolute atomic E-state index is 0.118. The van der Waals surface area contributed by atoms with Gasteiger partial charge in [0.25, 0.3) is 0 Å². The van der Waals surface area contributed by atoms with Crippen LogP contribution in [-0.4, -0.2) is 16.5 Å². The van der Waals surface area contributed by atoms with Gasteiger partial charge >= 0.3 is 0 Å². The first kappa shape index (κ1) is 10.3. The van der Waals surface area contributed by atoms with E-state index in [1.807, 2.05) is 6.20 Å². The summed E-state index contributed by atoms with van der Waals surface area (Å²) < 4.78 is 7.98. The van der Waals surface area contributed by atoms with Gasteiger partial charge in [-0.2, -0.15) is 0 Å². The van der Waals surface area contributed by atoms with E-state index in [9.17, 15) is 0 Å². The molecule has 0 bridgehead atoms. The molecule has 1 fully saturated rings. The fourth-order valence-corrected chi connectivity index (χ4v) is 2.40. The van der Waals surface area contributed by atoms with Crippen molar-refractivity contribution in [2.24, 2.45) is 0 Å². The van der Waals surface area contributed by atoms with Crippen LogP contribution in [0.4, 0.5) is 0 Å². The first-order valence-electron chi connectivity index (χ1n) is 7.06. The molecule has 1 aliphatic heterocycles. The predicted molar refractivity (Wildman–Crippen MR) is 73.4 cm³/mol. The van der Waals surface area contributed by atoms with Crippen LogP contribution in [0.1, 0.15) is 36.7 Å². The number of piperidine rings is 1. The molecule has 2 heterocycles. The monoisotopic (exact) mass is 242 g/mol. The molecule has 0 amide bonds. The maximum absolute atomic E-state index is 7.98. The number of hydrogen-bond acceptors (Lipinski definition) is 2. The van der Waals surface area contributed by atoms with E-state index < -0.39 is 0 Å². The van der Waals surface area contributed by atoms with Gasteiger partial charge in [-0.1, -0.05) is 36.2 Å². The summed E-state index contributed by atoms with van der Waals surface area (Å²) in [6.45, 7) is 2.92. The molecule has 3 heteroatoms. The molecule has 0 aliphatic carbocycles. The average Bonchev–Trinajstić information content (AvgIpc) is 2.89. The second kappa shape index (κ2) is 4.94. The minimum atomic E-state index is 0.118. The minimum Gasteiger partial charge on any atom is -0.341 e. The predicted octanol–water partition coefficient (Wildman–Crippen LogP) is 3.20. The smallest absolute Gasteiger partial charge is 0.123 e. The quantitative estimate of drug-likeness (QED) is 0.849. The summed E-state index contributed by atoms with van der Waals surface area (Å²) in [4.78, 5) is 7.85. The summed E-state index contributed by atoms with van der Waals surface area (Å²) in [6, 6.07) is 8.53. The van der Waals surface area contributed by atoms with E-state index in [0.29, 0.717) is 0 Å². The molecule has 94 valence electrons. The Hall–Kier alpha value is -1.61. The molecular weight excluding hydrogens is 222 g/mol. The topological polar surface area (TPSA) is 40.7 Å². The lowest BCUT2D eigenvalue weighted by molar-refractivity contribution is 0.399. The highest BCUT2D eigenvalue weighted by molar-refractivity contribution is 5.58. The zero-order chi connectivity index (χ0) is 13.2. The van der Waals surface area contributed by atoms with Gasteiger partial charge in [-0.25, -0.2) is 4.98 Å². The number of H-pyrrole nitrogens is 1. The van der Waals surface area contributed by atoms with Crippen LogP contribution in [0.3, 0.4) is 0 Å². The van der Waals surface area contributed by atoms with Gasteiger partial charge in [0.1, 0.15) is 7.24 Å². The van der Waals surface area contributed by atoms with Gasteiger partial charge < -0.3 is 10.3 Å². The number of hydrogen-bond donors (Lipinski definition) is 2. The number of nitrogens with one attached hydrogen (secondary N) is 2. The van der Waals surface area contributed by atoms with Crippen molar-refractivity contribution < 1.29 is 1.41 Å². The van der Waals surface area contributed by atoms with Crippen LogP contribution in [0.15, 0.2) is 30.5 Å². The van der Waals surface area contributed by atoms with Gasteiger partial charge in [-0.05, 0) is 31.9 Å². The molecule has 3 rings (SSSR count). The molecule has 1 atom stereocenters. The number of aromatic amines is 1. The second-order valence-electron chi connectivity index (χ2n) is 4.97. The van der Waals surface area contributed by atoms with Gasteiger partial charge in [0, 0.05) is 0 Å². The molecular formula is C15H19N3. The van der Waals surface area contributed by atoms with E-state index in [-0.39, 0.29) is 6.04 Å². The Labute approximate surface area is 109 Å². The first-order valence-corrected chi connectivity index (χ1v) is 6.61. The molecule has 0 unspecified atom stereocenters. The van der Waals surface area contributed by atoms with E-state index in [1.165, 1.54) is 12.0 Å². The maximum Gasteiger partial charge on any atom is 0.123 e. The Balaban J connectivity index is 1.84. The molecule has 2 N–H and O–H groups in total. The lowest BCUT2D eigenvalue weighted by atomic mass is 10.0. The number of nitrogens with zero attached hydrogens (tertiary/aromatic N) is 1. The van der Waals surface area contributed by atoms with Gasteiger partial charge in [0.2, 0.25) is 0 Å². The molecule has 18 heavy (non-hydrogen) atoms. The van der Waals surface area contributed by atoms with Gasteiger partial charge in [-0.15, -0.1) is 0 Å². The van der Waals surface area contributed by atoms with E-state index in [4.69, 9.17) is 1.41 Å². The molecule has 0 saturated carbocycles. The van der Waals surface area contributed by atoms with Crippen molar-refractivity contribution in [2.45, 2.75) is 32.2 Å². The Bertz CT molecular complexity index is 547. The van der Waals surface area contributed by atoms with E-state index in [0.717, 1.165) is 36.5 Å². The first-order chi connectivity index (χ1) is 9.24. The standard InChI is InChI=1S/C15H19N3/c1-11-5-7-12(8-6-11)14-10-17-15(18-14)13-4-2-3-9-16-13/h5-8,10,13,16H,2-4,9H2,1H3,(H,17,18)/t13-/m1/s1/i/hD. The Kier molecular flexibility index (Phi) is 2.84. The lowest BCUT2D eigenvalue weighted by Crippen LogP contribution is -2.27. The lowest BCUT2D eigenvalue weighted by Gasteiger charge is -2.21. The number of aryl methyl sites for hydroxylation is 1. The van der Waals surface area contributed by atoms with Crippen molar-refractivity contribution >= 4 is 0 Å². The maximum atomic E-state index is 7.98. The van der Waals surface area contributed by atoms with Crippen molar-refractivity contribution in [3.63, 3.8) is 0 Å². The van der Waals surface area contributed by atoms with Crippen LogP contribution in [0, 0.1) is 6.92 Å². The fraction of sp³-hybridized carbons (Fsp3) is 0.400. The van der Waals surface area contributed by atoms with Crippen molar-refractivity contribution in [1.29, 1.82) is 0 Å². The molecule has 0 spiro atoms. The summed E-state index contributed by atoms with van der Waals surface area (Å²) in [5.74, 6) is 0.922. The summed E-state index contributed by atoms with van der Waals surface area (Å²) in [5, 5.41) is 1.65. The Morgan fingerprint density at radius 2 is 2.11 bits per heavy atom. The highest BCUT2D eigenvalue weighted by atomic mass is 15.0. The summed E-state index contributed by atoms with van der Waals surface area (Å²) in [6.07, 6.45) is 5.19. The zero-order valence-corrected chi connectivity index (χ0v) is 10.7. The van der Waals surface area contributed by atoms with Crippen molar-refractivity contribution in [3.05, 3.63) is 41.9 Å². The van der Waals surface area contributed by atoms with Gasteiger partial charge in [-0.3, -0.25) is 0 Å². The van der Waals surface area contributed by atoms with Gasteiger partial charge in [0.15, 0.2) is 0 Å². The third kappa shape index (κ3) is 2.31. The van der Waals surface area contributed by atoms with Crippen LogP contribution in [-0.2, 0) is 0 Å². The Morgan fingerprint density at radius 3 is 2.89 bits per heavy atom. The molecule has 1 aromatic heterocycles. The third-order valence-electron chi connectivity index (χ3n) is 3.51. The molecule has 1 aromatic carbocycles. The fourth-order valence-electron chi connectivity index (χ4n) is 2.40. The van der Waals surface area contributed by atoms with Crippen molar-refractivity contribution in [1.82, 2.24) is 15.3 Å². The summed E-state index contributed by atoms with van der Waals surface area (Å²) in [7, 11) is 0. The number of rotatable bonds is 2. The molecule has 3 nitrogen and oxygen atoms in total. The SMILES string of the molecule is [2H]N1CCCC[C@@H]1c1ncc(-c2ccc(C)cc2)[nH]1. The van der Waals surface area contributed by atoms with Crippen LogP contribution in [0.25, 0.3) is 11.3 Å². The Morgan fingerprint density at radius 1 is 1.28 bits per heavy atom. The van der Waals surface area contributed by atoms with E-state index >= 15 is 0 Å². The highest BCUT2D eigenvalue weighted by Crippen LogP contribution is 2.24. The number of aromatic nitrogens is 2. The second-order valence-corrected chi connectivity index (χ2v) is 4.97. The largest absolute Gasteiger partial charge is 0.341 e. The summed E-state index contributed by atoms with van der Waals surface area (Å²) in [5.41, 5.74) is 3.44. The molecule has 1 saturated heterocycles. The highest BCUT2D eigenvalue weighted by Gasteiger charge is 2.17. The summed E-state index contributed by atoms with van der Waals surface area (Å²) >= 11 is 0. The van der Waals surface area contributed by atoms with Crippen LogP contribution in [0.2, 0.25) is 1.41 Å². The van der Waals surface area contributed by atoms with Crippen LogP contribution in [0.5, 0.6) is 0 Å². The number of benzene rings is 1. The molecule has 0 radical (unpaired) electrons. The van der Waals surface area contributed by atoms with E-state index in [1.54, 1.807) is 5.31 Å². The van der Waals surface area contributed by atoms with Crippen LogP contribution < -0.4 is 5.31 Å². The van der Waals surface area contributed by atoms with Crippen molar-refractivity contribution in [3.8, 4) is 11.3 Å². The van der Waals surface area contributed by atoms with E-state index in [2.05, 4.69) is 41.2 Å². The van der Waals surface area contributed by atoms with Gasteiger partial charge in [0.05, 0.1) is 17.9 Å².